The van der Waals surface area contributed by atoms with E-state index in [4.69, 9.17) is 4.74 Å². The molecule has 2 aromatic rings. The lowest BCUT2D eigenvalue weighted by atomic mass is 10.1. The van der Waals surface area contributed by atoms with Crippen LogP contribution in [0.5, 0.6) is 5.75 Å². The van der Waals surface area contributed by atoms with Crippen LogP contribution in [0.15, 0.2) is 47.6 Å². The van der Waals surface area contributed by atoms with Gasteiger partial charge in [0.2, 0.25) is 0 Å². The molecule has 6 heteroatoms. The van der Waals surface area contributed by atoms with E-state index in [1.54, 1.807) is 24.4 Å². The van der Waals surface area contributed by atoms with Crippen molar-refractivity contribution in [1.82, 2.24) is 5.43 Å². The Morgan fingerprint density at radius 3 is 2.88 bits per heavy atom. The highest BCUT2D eigenvalue weighted by Crippen LogP contribution is 2.31. The van der Waals surface area contributed by atoms with E-state index < -0.39 is 0 Å². The number of nitrogens with zero attached hydrogens (tertiary/aromatic N) is 2. The molecule has 2 amide bonds. The fourth-order valence-electron chi connectivity index (χ4n) is 2.65. The van der Waals surface area contributed by atoms with Crippen LogP contribution in [-0.4, -0.2) is 31.2 Å². The lowest BCUT2D eigenvalue weighted by Crippen LogP contribution is -2.44. The third-order valence-corrected chi connectivity index (χ3v) is 3.93. The number of ether oxygens (including phenoxy) is 1. The molecule has 0 spiro atoms. The lowest BCUT2D eigenvalue weighted by Gasteiger charge is -2.28. The summed E-state index contributed by atoms with van der Waals surface area (Å²) in [4.78, 5) is 25.6. The van der Waals surface area contributed by atoms with Gasteiger partial charge in [-0.05, 0) is 37.1 Å². The second-order valence-electron chi connectivity index (χ2n) is 5.89. The number of carbonyl (C=O) groups excluding carboxylic acids is 2. The predicted octanol–water partition coefficient (Wildman–Crippen LogP) is 2.18. The first-order valence-corrected chi connectivity index (χ1v) is 7.96. The second kappa shape index (κ2) is 7.17. The van der Waals surface area contributed by atoms with Gasteiger partial charge >= 0.3 is 0 Å². The SMILES string of the molecule is Cc1ccc(/C=N\NC(=O)CN2C(=O)COc3ccccc32)c(C)c1. The van der Waals surface area contributed by atoms with Crippen LogP contribution in [0.2, 0.25) is 0 Å². The molecule has 1 aliphatic rings. The Balaban J connectivity index is 1.65. The summed E-state index contributed by atoms with van der Waals surface area (Å²) in [6, 6.07) is 13.1. The van der Waals surface area contributed by atoms with Crippen LogP contribution in [0.25, 0.3) is 0 Å². The van der Waals surface area contributed by atoms with E-state index in [-0.39, 0.29) is 25.0 Å². The van der Waals surface area contributed by atoms with Crippen LogP contribution in [0, 0.1) is 13.8 Å². The average molecular weight is 337 g/mol. The van der Waals surface area contributed by atoms with Gasteiger partial charge in [0.15, 0.2) is 6.61 Å². The van der Waals surface area contributed by atoms with Gasteiger partial charge in [-0.25, -0.2) is 5.43 Å². The van der Waals surface area contributed by atoms with Crippen molar-refractivity contribution in [3.63, 3.8) is 0 Å². The molecule has 128 valence electrons. The van der Waals surface area contributed by atoms with E-state index in [0.29, 0.717) is 11.4 Å². The average Bonchev–Trinajstić information content (AvgIpc) is 2.59. The number of hydrogen-bond donors (Lipinski definition) is 1. The van der Waals surface area contributed by atoms with Crippen LogP contribution in [0.1, 0.15) is 16.7 Å². The van der Waals surface area contributed by atoms with Crippen LogP contribution in [-0.2, 0) is 9.59 Å². The molecule has 2 aromatic carbocycles. The molecule has 0 atom stereocenters. The first kappa shape index (κ1) is 16.7. The number of nitrogens with one attached hydrogen (secondary N) is 1. The Morgan fingerprint density at radius 1 is 1.28 bits per heavy atom. The van der Waals surface area contributed by atoms with Crippen LogP contribution < -0.4 is 15.1 Å². The summed E-state index contributed by atoms with van der Waals surface area (Å²) >= 11 is 0. The molecule has 6 nitrogen and oxygen atoms in total. The van der Waals surface area contributed by atoms with Gasteiger partial charge in [-0.3, -0.25) is 14.5 Å². The van der Waals surface area contributed by atoms with Crippen molar-refractivity contribution in [1.29, 1.82) is 0 Å². The van der Waals surface area contributed by atoms with E-state index in [2.05, 4.69) is 10.5 Å². The Kier molecular flexibility index (Phi) is 4.79. The Bertz CT molecular complexity index is 846. The van der Waals surface area contributed by atoms with Crippen molar-refractivity contribution in [3.05, 3.63) is 59.2 Å². The summed E-state index contributed by atoms with van der Waals surface area (Å²) in [5.74, 6) is -0.0352. The summed E-state index contributed by atoms with van der Waals surface area (Å²) < 4.78 is 5.36. The molecule has 3 rings (SSSR count). The summed E-state index contributed by atoms with van der Waals surface area (Å²) in [6.07, 6.45) is 1.60. The number of carbonyl (C=O) groups is 2. The lowest BCUT2D eigenvalue weighted by molar-refractivity contribution is -0.125. The maximum atomic E-state index is 12.1. The smallest absolute Gasteiger partial charge is 0.265 e. The number of rotatable bonds is 4. The minimum atomic E-state index is -0.369. The molecule has 0 saturated heterocycles. The fourth-order valence-corrected chi connectivity index (χ4v) is 2.65. The minimum Gasteiger partial charge on any atom is -0.482 e. The number of amides is 2. The summed E-state index contributed by atoms with van der Waals surface area (Å²) in [5, 5.41) is 3.98. The molecule has 0 aliphatic carbocycles. The Labute approximate surface area is 146 Å². The normalized spacial score (nSPS) is 13.5. The molecular formula is C19H19N3O3. The van der Waals surface area contributed by atoms with E-state index >= 15 is 0 Å². The molecule has 0 bridgehead atoms. The minimum absolute atomic E-state index is 0.0733. The predicted molar refractivity (Wildman–Crippen MR) is 95.9 cm³/mol. The maximum absolute atomic E-state index is 12.1. The number of aryl methyl sites for hydroxylation is 2. The zero-order chi connectivity index (χ0) is 17.8. The van der Waals surface area contributed by atoms with Crippen molar-refractivity contribution in [2.24, 2.45) is 5.10 Å². The van der Waals surface area contributed by atoms with Crippen LogP contribution in [0.4, 0.5) is 5.69 Å². The first-order chi connectivity index (χ1) is 12.0. The highest BCUT2D eigenvalue weighted by Gasteiger charge is 2.26. The highest BCUT2D eigenvalue weighted by atomic mass is 16.5. The Hall–Kier alpha value is -3.15. The number of benzene rings is 2. The van der Waals surface area contributed by atoms with E-state index in [1.165, 1.54) is 10.5 Å². The van der Waals surface area contributed by atoms with Gasteiger partial charge in [-0.15, -0.1) is 0 Å². The Morgan fingerprint density at radius 2 is 2.08 bits per heavy atom. The quantitative estimate of drug-likeness (QED) is 0.687. The van der Waals surface area contributed by atoms with E-state index in [1.807, 2.05) is 38.1 Å². The zero-order valence-corrected chi connectivity index (χ0v) is 14.2. The number of hydrogen-bond acceptors (Lipinski definition) is 4. The van der Waals surface area contributed by atoms with Crippen LogP contribution in [0.3, 0.4) is 0 Å². The van der Waals surface area contributed by atoms with Crippen molar-refractivity contribution in [2.45, 2.75) is 13.8 Å². The summed E-state index contributed by atoms with van der Waals surface area (Å²) in [6.45, 7) is 3.83. The fraction of sp³-hybridized carbons (Fsp3) is 0.211. The number of para-hydroxylation sites is 2. The molecule has 1 N–H and O–H groups in total. The van der Waals surface area contributed by atoms with Gasteiger partial charge in [0.25, 0.3) is 11.8 Å². The van der Waals surface area contributed by atoms with Gasteiger partial charge in [0, 0.05) is 0 Å². The molecular weight excluding hydrogens is 318 g/mol. The summed E-state index contributed by atoms with van der Waals surface area (Å²) in [5.41, 5.74) is 6.24. The highest BCUT2D eigenvalue weighted by molar-refractivity contribution is 6.02. The van der Waals surface area contributed by atoms with E-state index in [0.717, 1.165) is 11.1 Å². The molecule has 0 aromatic heterocycles. The largest absolute Gasteiger partial charge is 0.482 e. The number of hydrazone groups is 1. The van der Waals surface area contributed by atoms with Gasteiger partial charge in [-0.1, -0.05) is 35.9 Å². The maximum Gasteiger partial charge on any atom is 0.265 e. The first-order valence-electron chi connectivity index (χ1n) is 7.96. The third kappa shape index (κ3) is 3.85. The molecule has 1 heterocycles. The summed E-state index contributed by atoms with van der Waals surface area (Å²) in [7, 11) is 0. The van der Waals surface area contributed by atoms with Crippen molar-refractivity contribution >= 4 is 23.7 Å². The number of anilines is 1. The molecule has 1 aliphatic heterocycles. The second-order valence-corrected chi connectivity index (χ2v) is 5.89. The van der Waals surface area contributed by atoms with Gasteiger partial charge < -0.3 is 4.74 Å². The standard InChI is InChI=1S/C19H19N3O3/c1-13-7-8-15(14(2)9-13)10-20-21-18(23)11-22-16-5-3-4-6-17(16)25-12-19(22)24/h3-10H,11-12H2,1-2H3,(H,21,23)/b20-10-. The van der Waals surface area contributed by atoms with Gasteiger partial charge in [0.05, 0.1) is 11.9 Å². The number of fused-ring (bicyclic) bond motifs is 1. The topological polar surface area (TPSA) is 71.0 Å². The molecule has 0 unspecified atom stereocenters. The van der Waals surface area contributed by atoms with Gasteiger partial charge in [0.1, 0.15) is 12.3 Å². The molecule has 0 saturated carbocycles. The van der Waals surface area contributed by atoms with Crippen LogP contribution >= 0.6 is 0 Å². The van der Waals surface area contributed by atoms with Crippen molar-refractivity contribution < 1.29 is 14.3 Å². The monoisotopic (exact) mass is 337 g/mol. The molecule has 25 heavy (non-hydrogen) atoms. The van der Waals surface area contributed by atoms with E-state index in [9.17, 15) is 9.59 Å². The molecule has 0 fully saturated rings. The zero-order valence-electron chi connectivity index (χ0n) is 14.2. The van der Waals surface area contributed by atoms with Crippen molar-refractivity contribution in [2.75, 3.05) is 18.1 Å². The van der Waals surface area contributed by atoms with Crippen molar-refractivity contribution in [3.8, 4) is 5.75 Å². The van der Waals surface area contributed by atoms with Gasteiger partial charge in [-0.2, -0.15) is 5.10 Å². The third-order valence-electron chi connectivity index (χ3n) is 3.93. The molecule has 0 radical (unpaired) electrons.